The van der Waals surface area contributed by atoms with Gasteiger partial charge in [-0.05, 0) is 36.8 Å². The molecule has 0 unspecified atom stereocenters. The van der Waals surface area contributed by atoms with Gasteiger partial charge in [0.05, 0.1) is 22.2 Å². The lowest BCUT2D eigenvalue weighted by molar-refractivity contribution is 0.432. The number of nitrogens with one attached hydrogen (secondary N) is 1. The van der Waals surface area contributed by atoms with Gasteiger partial charge in [0, 0.05) is 6.07 Å². The van der Waals surface area contributed by atoms with Crippen LogP contribution in [-0.4, -0.2) is 13.5 Å². The molecule has 0 aromatic heterocycles. The lowest BCUT2D eigenvalue weighted by Gasteiger charge is -2.11. The van der Waals surface area contributed by atoms with Crippen LogP contribution in [0.5, 0.6) is 5.75 Å². The average Bonchev–Trinajstić information content (AvgIpc) is 2.43. The van der Waals surface area contributed by atoms with E-state index in [0.29, 0.717) is 5.56 Å². The van der Waals surface area contributed by atoms with E-state index in [2.05, 4.69) is 4.72 Å². The molecule has 0 heterocycles. The maximum atomic E-state index is 13.2. The van der Waals surface area contributed by atoms with Gasteiger partial charge in [-0.3, -0.25) is 4.72 Å². The fraction of sp³-hybridized carbons (Fsp3) is 0.0714. The summed E-state index contributed by atoms with van der Waals surface area (Å²) in [7, 11) is -3.96. The van der Waals surface area contributed by atoms with Crippen LogP contribution in [-0.2, 0) is 10.0 Å². The number of benzene rings is 2. The molecule has 2 rings (SSSR count). The molecule has 2 aromatic rings. The Morgan fingerprint density at radius 2 is 1.95 bits per heavy atom. The maximum absolute atomic E-state index is 13.2. The Labute approximate surface area is 121 Å². The Kier molecular flexibility index (Phi) is 3.82. The third-order valence-corrected chi connectivity index (χ3v) is 4.33. The van der Waals surface area contributed by atoms with E-state index in [0.717, 1.165) is 12.1 Å². The summed E-state index contributed by atoms with van der Waals surface area (Å²) in [6, 6.07) is 9.29. The van der Waals surface area contributed by atoms with Crippen LogP contribution in [0.15, 0.2) is 41.3 Å². The summed E-state index contributed by atoms with van der Waals surface area (Å²) in [4.78, 5) is -0.0602. The number of aromatic hydroxyl groups is 1. The van der Waals surface area contributed by atoms with Gasteiger partial charge in [0.1, 0.15) is 0 Å². The van der Waals surface area contributed by atoms with Gasteiger partial charge in [-0.15, -0.1) is 0 Å². The molecule has 108 valence electrons. The lowest BCUT2D eigenvalue weighted by Crippen LogP contribution is -2.14. The number of anilines is 1. The number of halogens is 1. The number of phenols is 1. The number of hydrogen-bond donors (Lipinski definition) is 2. The quantitative estimate of drug-likeness (QED) is 0.853. The molecule has 0 saturated carbocycles. The van der Waals surface area contributed by atoms with Gasteiger partial charge in [0.25, 0.3) is 10.0 Å². The van der Waals surface area contributed by atoms with Crippen LogP contribution in [0.3, 0.4) is 0 Å². The number of sulfonamides is 1. The van der Waals surface area contributed by atoms with E-state index >= 15 is 0 Å². The zero-order chi connectivity index (χ0) is 15.6. The first-order valence-electron chi connectivity index (χ1n) is 5.85. The first-order chi connectivity index (χ1) is 9.83. The normalized spacial score (nSPS) is 10.9. The molecule has 0 aliphatic heterocycles. The number of hydrogen-bond acceptors (Lipinski definition) is 4. The van der Waals surface area contributed by atoms with E-state index in [4.69, 9.17) is 10.4 Å². The van der Waals surface area contributed by atoms with Gasteiger partial charge >= 0.3 is 0 Å². The third-order valence-electron chi connectivity index (χ3n) is 2.81. The van der Waals surface area contributed by atoms with Gasteiger partial charge in [0.2, 0.25) is 0 Å². The van der Waals surface area contributed by atoms with Gasteiger partial charge in [-0.1, -0.05) is 6.07 Å². The molecule has 0 atom stereocenters. The van der Waals surface area contributed by atoms with Crippen molar-refractivity contribution in [2.75, 3.05) is 4.72 Å². The molecule has 0 amide bonds. The Hall–Kier alpha value is -2.59. The monoisotopic (exact) mass is 306 g/mol. The Morgan fingerprint density at radius 1 is 1.24 bits per heavy atom. The van der Waals surface area contributed by atoms with E-state index in [-0.39, 0.29) is 16.1 Å². The van der Waals surface area contributed by atoms with Crippen LogP contribution in [0.25, 0.3) is 0 Å². The van der Waals surface area contributed by atoms with Crippen LogP contribution < -0.4 is 4.72 Å². The zero-order valence-corrected chi connectivity index (χ0v) is 11.8. The second-order valence-electron chi connectivity index (χ2n) is 4.36. The molecule has 0 fully saturated rings. The van der Waals surface area contributed by atoms with Gasteiger partial charge in [-0.25, -0.2) is 12.8 Å². The zero-order valence-electron chi connectivity index (χ0n) is 11.0. The average molecular weight is 306 g/mol. The van der Waals surface area contributed by atoms with E-state index < -0.39 is 21.6 Å². The van der Waals surface area contributed by atoms with Crippen molar-refractivity contribution in [3.05, 3.63) is 53.3 Å². The third kappa shape index (κ3) is 3.12. The highest BCUT2D eigenvalue weighted by Crippen LogP contribution is 2.24. The van der Waals surface area contributed by atoms with Crippen LogP contribution in [0, 0.1) is 24.1 Å². The largest absolute Gasteiger partial charge is 0.505 e. The highest BCUT2D eigenvalue weighted by atomic mass is 32.2. The smallest absolute Gasteiger partial charge is 0.262 e. The molecule has 0 bridgehead atoms. The van der Waals surface area contributed by atoms with Gasteiger partial charge in [-0.2, -0.15) is 5.26 Å². The summed E-state index contributed by atoms with van der Waals surface area (Å²) >= 11 is 0. The molecule has 0 aliphatic carbocycles. The van der Waals surface area contributed by atoms with Crippen molar-refractivity contribution in [1.82, 2.24) is 0 Å². The molecule has 7 heteroatoms. The number of nitriles is 1. The SMILES string of the molecule is Cc1ccc(C#N)cc1S(=O)(=O)Nc1ccc(O)c(F)c1. The molecular weight excluding hydrogens is 295 g/mol. The van der Waals surface area contributed by atoms with Crippen LogP contribution >= 0.6 is 0 Å². The molecule has 0 saturated heterocycles. The van der Waals surface area contributed by atoms with E-state index in [1.54, 1.807) is 6.92 Å². The second kappa shape index (κ2) is 5.42. The topological polar surface area (TPSA) is 90.2 Å². The van der Waals surface area contributed by atoms with Crippen molar-refractivity contribution in [3.63, 3.8) is 0 Å². The molecule has 5 nitrogen and oxygen atoms in total. The lowest BCUT2D eigenvalue weighted by atomic mass is 10.2. The predicted molar refractivity (Wildman–Crippen MR) is 74.8 cm³/mol. The Morgan fingerprint density at radius 3 is 2.57 bits per heavy atom. The van der Waals surface area contributed by atoms with E-state index in [9.17, 15) is 12.8 Å². The van der Waals surface area contributed by atoms with Crippen LogP contribution in [0.1, 0.15) is 11.1 Å². The predicted octanol–water partition coefficient (Wildman–Crippen LogP) is 2.51. The summed E-state index contributed by atoms with van der Waals surface area (Å²) in [5.41, 5.74) is 0.644. The minimum atomic E-state index is -3.96. The molecule has 21 heavy (non-hydrogen) atoms. The minimum absolute atomic E-state index is 0.0212. The summed E-state index contributed by atoms with van der Waals surface area (Å²) in [5.74, 6) is -1.50. The second-order valence-corrected chi connectivity index (χ2v) is 6.01. The fourth-order valence-electron chi connectivity index (χ4n) is 1.74. The number of nitrogens with zero attached hydrogens (tertiary/aromatic N) is 1. The van der Waals surface area contributed by atoms with E-state index in [1.807, 2.05) is 6.07 Å². The van der Waals surface area contributed by atoms with Crippen LogP contribution in [0.2, 0.25) is 0 Å². The first-order valence-corrected chi connectivity index (χ1v) is 7.34. The highest BCUT2D eigenvalue weighted by Gasteiger charge is 2.18. The first kappa shape index (κ1) is 14.8. The van der Waals surface area contributed by atoms with Crippen molar-refractivity contribution >= 4 is 15.7 Å². The van der Waals surface area contributed by atoms with Gasteiger partial charge in [0.15, 0.2) is 11.6 Å². The molecule has 0 spiro atoms. The van der Waals surface area contributed by atoms with Gasteiger partial charge < -0.3 is 5.11 Å². The molecule has 0 aliphatic rings. The Bertz CT molecular complexity index is 842. The molecule has 2 aromatic carbocycles. The highest BCUT2D eigenvalue weighted by molar-refractivity contribution is 7.92. The number of phenolic OH excluding ortho intramolecular Hbond substituents is 1. The maximum Gasteiger partial charge on any atom is 0.262 e. The summed E-state index contributed by atoms with van der Waals surface area (Å²) < 4.78 is 40.0. The summed E-state index contributed by atoms with van der Waals surface area (Å²) in [5, 5.41) is 17.9. The standard InChI is InChI=1S/C14H11FN2O3S/c1-9-2-3-10(8-16)6-14(9)21(19,20)17-11-4-5-13(18)12(15)7-11/h2-7,17-18H,1H3. The number of aryl methyl sites for hydroxylation is 1. The minimum Gasteiger partial charge on any atom is -0.505 e. The van der Waals surface area contributed by atoms with Crippen molar-refractivity contribution in [2.45, 2.75) is 11.8 Å². The Balaban J connectivity index is 2.43. The number of rotatable bonds is 3. The fourth-order valence-corrected chi connectivity index (χ4v) is 3.06. The van der Waals surface area contributed by atoms with Crippen molar-refractivity contribution in [3.8, 4) is 11.8 Å². The summed E-state index contributed by atoms with van der Waals surface area (Å²) in [6.45, 7) is 1.59. The van der Waals surface area contributed by atoms with Crippen molar-refractivity contribution in [1.29, 1.82) is 5.26 Å². The summed E-state index contributed by atoms with van der Waals surface area (Å²) in [6.07, 6.45) is 0. The van der Waals surface area contributed by atoms with E-state index in [1.165, 1.54) is 24.3 Å². The molecule has 0 radical (unpaired) electrons. The van der Waals surface area contributed by atoms with Crippen molar-refractivity contribution in [2.24, 2.45) is 0 Å². The van der Waals surface area contributed by atoms with Crippen molar-refractivity contribution < 1.29 is 17.9 Å². The molecule has 2 N–H and O–H groups in total. The molecular formula is C14H11FN2O3S. The van der Waals surface area contributed by atoms with Crippen LogP contribution in [0.4, 0.5) is 10.1 Å².